The van der Waals surface area contributed by atoms with E-state index in [0.29, 0.717) is 23.9 Å². The quantitative estimate of drug-likeness (QED) is 0.0295. The van der Waals surface area contributed by atoms with Crippen molar-refractivity contribution >= 4 is 19.8 Å². The van der Waals surface area contributed by atoms with Gasteiger partial charge in [0.15, 0.2) is 6.10 Å². The van der Waals surface area contributed by atoms with Gasteiger partial charge in [0, 0.05) is 12.8 Å². The van der Waals surface area contributed by atoms with Crippen molar-refractivity contribution in [2.75, 3.05) is 47.5 Å². The smallest absolute Gasteiger partial charge is 0.462 e. The summed E-state index contributed by atoms with van der Waals surface area (Å²) in [5.41, 5.74) is 0. The summed E-state index contributed by atoms with van der Waals surface area (Å²) in [5, 5.41) is 0. The van der Waals surface area contributed by atoms with Crippen molar-refractivity contribution in [3.05, 3.63) is 0 Å². The molecule has 10 heteroatoms. The molecule has 0 aliphatic heterocycles. The summed E-state index contributed by atoms with van der Waals surface area (Å²) in [5.74, 6) is -0.00279. The Morgan fingerprint density at radius 2 is 1.04 bits per heavy atom. The number of quaternary nitrogens is 1. The summed E-state index contributed by atoms with van der Waals surface area (Å²) in [7, 11) is 1.49. The molecule has 0 aromatic carbocycles. The molecule has 0 aliphatic carbocycles. The van der Waals surface area contributed by atoms with E-state index in [0.717, 1.165) is 38.0 Å². The van der Waals surface area contributed by atoms with E-state index in [4.69, 9.17) is 18.5 Å². The van der Waals surface area contributed by atoms with Gasteiger partial charge in [-0.1, -0.05) is 156 Å². The number of rotatable bonds is 36. The Kier molecular flexibility index (Phi) is 31.1. The molecule has 1 unspecified atom stereocenters. The Morgan fingerprint density at radius 1 is 0.612 bits per heavy atom. The van der Waals surface area contributed by atoms with Crippen LogP contribution in [-0.4, -0.2) is 74.9 Å². The van der Waals surface area contributed by atoms with Crippen molar-refractivity contribution in [1.82, 2.24) is 0 Å². The van der Waals surface area contributed by atoms with Gasteiger partial charge >= 0.3 is 19.8 Å². The van der Waals surface area contributed by atoms with Crippen LogP contribution in [0.25, 0.3) is 0 Å². The highest BCUT2D eigenvalue weighted by Gasteiger charge is 2.27. The molecule has 0 aromatic heterocycles. The molecule has 0 bridgehead atoms. The number of carbonyl (C=O) groups excluding carboxylic acids is 2. The van der Waals surface area contributed by atoms with Gasteiger partial charge in [-0.2, -0.15) is 0 Å². The van der Waals surface area contributed by atoms with Gasteiger partial charge in [0.05, 0.1) is 27.7 Å². The molecule has 0 fully saturated rings. The zero-order valence-corrected chi connectivity index (χ0v) is 33.8. The average molecular weight is 721 g/mol. The fourth-order valence-corrected chi connectivity index (χ4v) is 6.35. The lowest BCUT2D eigenvalue weighted by atomic mass is 10.0. The van der Waals surface area contributed by atoms with Gasteiger partial charge in [0.2, 0.25) is 0 Å². The minimum absolute atomic E-state index is 0.0357. The first-order valence-corrected chi connectivity index (χ1v) is 21.6. The number of carbonyl (C=O) groups is 2. The Balaban J connectivity index is 4.39. The second kappa shape index (κ2) is 31.7. The van der Waals surface area contributed by atoms with Crippen LogP contribution in [0.4, 0.5) is 0 Å². The average Bonchev–Trinajstić information content (AvgIpc) is 3.02. The number of esters is 2. The molecule has 0 spiro atoms. The monoisotopic (exact) mass is 721 g/mol. The highest BCUT2D eigenvalue weighted by Crippen LogP contribution is 2.43. The van der Waals surface area contributed by atoms with Gasteiger partial charge in [-0.3, -0.25) is 18.6 Å². The Hall–Kier alpha value is -0.990. The number of nitrogens with zero attached hydrogens (tertiary/aromatic N) is 1. The van der Waals surface area contributed by atoms with E-state index in [1.54, 1.807) is 0 Å². The highest BCUT2D eigenvalue weighted by molar-refractivity contribution is 7.47. The molecule has 9 nitrogen and oxygen atoms in total. The van der Waals surface area contributed by atoms with E-state index in [9.17, 15) is 19.0 Å². The molecule has 49 heavy (non-hydrogen) atoms. The summed E-state index contributed by atoms with van der Waals surface area (Å²) in [4.78, 5) is 35.2. The number of hydrogen-bond donors (Lipinski definition) is 1. The van der Waals surface area contributed by atoms with Gasteiger partial charge in [-0.25, -0.2) is 4.57 Å². The number of phosphoric acid groups is 1. The van der Waals surface area contributed by atoms with E-state index >= 15 is 0 Å². The second-order valence-electron chi connectivity index (χ2n) is 15.5. The Morgan fingerprint density at radius 3 is 1.49 bits per heavy atom. The molecule has 0 radical (unpaired) electrons. The molecule has 0 aromatic rings. The second-order valence-corrected chi connectivity index (χ2v) is 17.0. The van der Waals surface area contributed by atoms with E-state index in [1.807, 2.05) is 21.1 Å². The van der Waals surface area contributed by atoms with Crippen LogP contribution in [-0.2, 0) is 32.7 Å². The maximum Gasteiger partial charge on any atom is 0.472 e. The minimum atomic E-state index is -4.36. The molecule has 0 saturated heterocycles. The van der Waals surface area contributed by atoms with E-state index in [-0.39, 0.29) is 25.6 Å². The fourth-order valence-electron chi connectivity index (χ4n) is 5.61. The fraction of sp³-hybridized carbons (Fsp3) is 0.949. The Labute approximate surface area is 302 Å². The lowest BCUT2D eigenvalue weighted by Crippen LogP contribution is -2.37. The molecule has 2 atom stereocenters. The maximum atomic E-state index is 12.6. The number of ether oxygens (including phenoxy) is 2. The van der Waals surface area contributed by atoms with Crippen molar-refractivity contribution in [2.45, 2.75) is 187 Å². The van der Waals surface area contributed by atoms with Crippen LogP contribution < -0.4 is 0 Å². The molecule has 0 saturated carbocycles. The lowest BCUT2D eigenvalue weighted by Gasteiger charge is -2.24. The van der Waals surface area contributed by atoms with Crippen LogP contribution in [0.15, 0.2) is 0 Å². The largest absolute Gasteiger partial charge is 0.472 e. The zero-order chi connectivity index (χ0) is 36.6. The van der Waals surface area contributed by atoms with Crippen LogP contribution in [0, 0.1) is 5.92 Å². The SMILES string of the molecule is CCCCCCCCCCCCCCCC(=O)OC[C@@H](COP(=O)(O)OCC[N+](C)(C)C)OC(=O)CCCCCCCCCCCC(C)C. The van der Waals surface area contributed by atoms with E-state index in [2.05, 4.69) is 20.8 Å². The zero-order valence-electron chi connectivity index (χ0n) is 32.9. The van der Waals surface area contributed by atoms with Crippen LogP contribution in [0.1, 0.15) is 181 Å². The molecule has 1 N–H and O–H groups in total. The molecule has 0 aliphatic rings. The molecule has 292 valence electrons. The third-order valence-corrected chi connectivity index (χ3v) is 9.80. The lowest BCUT2D eigenvalue weighted by molar-refractivity contribution is -0.870. The summed E-state index contributed by atoms with van der Waals surface area (Å²) in [6, 6.07) is 0. The highest BCUT2D eigenvalue weighted by atomic mass is 31.2. The van der Waals surface area contributed by atoms with Crippen molar-refractivity contribution in [3.63, 3.8) is 0 Å². The molecule has 0 amide bonds. The summed E-state index contributed by atoms with van der Waals surface area (Å²) in [6.07, 6.45) is 27.2. The molecule has 0 heterocycles. The summed E-state index contributed by atoms with van der Waals surface area (Å²) >= 11 is 0. The number of hydrogen-bond acceptors (Lipinski definition) is 7. The first kappa shape index (κ1) is 48.0. The summed E-state index contributed by atoms with van der Waals surface area (Å²) in [6.45, 7) is 6.73. The number of likely N-dealkylation sites (N-methyl/N-ethyl adjacent to an activating group) is 1. The van der Waals surface area contributed by atoms with Crippen molar-refractivity contribution in [1.29, 1.82) is 0 Å². The minimum Gasteiger partial charge on any atom is -0.462 e. The first-order chi connectivity index (χ1) is 23.3. The number of unbranched alkanes of at least 4 members (excludes halogenated alkanes) is 20. The van der Waals surface area contributed by atoms with Crippen LogP contribution in [0.3, 0.4) is 0 Å². The Bertz CT molecular complexity index is 832. The molecular weight excluding hydrogens is 641 g/mol. The third kappa shape index (κ3) is 36.6. The maximum absolute atomic E-state index is 12.6. The van der Waals surface area contributed by atoms with Crippen molar-refractivity contribution in [3.8, 4) is 0 Å². The normalized spacial score (nSPS) is 13.8. The van der Waals surface area contributed by atoms with Crippen LogP contribution in [0.2, 0.25) is 0 Å². The molecular formula is C39H79NO8P+. The predicted molar refractivity (Wildman–Crippen MR) is 201 cm³/mol. The van der Waals surface area contributed by atoms with E-state index < -0.39 is 26.5 Å². The number of phosphoric ester groups is 1. The van der Waals surface area contributed by atoms with Gasteiger partial charge in [0.1, 0.15) is 19.8 Å². The first-order valence-electron chi connectivity index (χ1n) is 20.1. The standard InChI is InChI=1S/C39H78NO8P/c1-7-8-9-10-11-12-13-14-15-18-21-24-27-30-38(41)45-34-37(35-47-49(43,44)46-33-32-40(4,5)6)48-39(42)31-28-25-22-19-16-17-20-23-26-29-36(2)3/h36-37H,7-35H2,1-6H3/p+1/t37-/m0/s1. The summed E-state index contributed by atoms with van der Waals surface area (Å²) < 4.78 is 34.2. The predicted octanol–water partition coefficient (Wildman–Crippen LogP) is 10.7. The van der Waals surface area contributed by atoms with Crippen LogP contribution >= 0.6 is 7.82 Å². The van der Waals surface area contributed by atoms with Crippen molar-refractivity contribution in [2.24, 2.45) is 5.92 Å². The van der Waals surface area contributed by atoms with Gasteiger partial charge in [-0.05, 0) is 18.8 Å². The van der Waals surface area contributed by atoms with Gasteiger partial charge < -0.3 is 18.9 Å². The topological polar surface area (TPSA) is 108 Å². The van der Waals surface area contributed by atoms with Gasteiger partial charge in [0.25, 0.3) is 0 Å². The van der Waals surface area contributed by atoms with Crippen LogP contribution in [0.5, 0.6) is 0 Å². The molecule has 0 rings (SSSR count). The van der Waals surface area contributed by atoms with Gasteiger partial charge in [-0.15, -0.1) is 0 Å². The third-order valence-electron chi connectivity index (χ3n) is 8.82. The van der Waals surface area contributed by atoms with E-state index in [1.165, 1.54) is 109 Å². The van der Waals surface area contributed by atoms with Crippen molar-refractivity contribution < 1.29 is 42.1 Å².